The lowest BCUT2D eigenvalue weighted by Crippen LogP contribution is -2.16. The van der Waals surface area contributed by atoms with Gasteiger partial charge in [0.25, 0.3) is 5.56 Å². The van der Waals surface area contributed by atoms with Crippen LogP contribution in [0, 0.1) is 3.57 Å². The lowest BCUT2D eigenvalue weighted by atomic mass is 10.2. The van der Waals surface area contributed by atoms with Gasteiger partial charge in [-0.1, -0.05) is 13.3 Å². The van der Waals surface area contributed by atoms with E-state index in [1.807, 2.05) is 34.7 Å². The highest BCUT2D eigenvalue weighted by Gasteiger charge is 2.09. The monoisotopic (exact) mass is 341 g/mol. The zero-order chi connectivity index (χ0) is 12.3. The van der Waals surface area contributed by atoms with Crippen molar-refractivity contribution in [2.24, 2.45) is 0 Å². The molecule has 4 nitrogen and oxygen atoms in total. The lowest BCUT2D eigenvalue weighted by Gasteiger charge is -2.05. The summed E-state index contributed by atoms with van der Waals surface area (Å²) in [6, 6.07) is 3.71. The lowest BCUT2D eigenvalue weighted by molar-refractivity contribution is 0.860. The molecule has 2 aromatic heterocycles. The second-order valence-corrected chi connectivity index (χ2v) is 4.75. The van der Waals surface area contributed by atoms with Crippen molar-refractivity contribution in [3.63, 3.8) is 0 Å². The molecule has 2 rings (SSSR count). The van der Waals surface area contributed by atoms with Gasteiger partial charge in [-0.3, -0.25) is 9.78 Å². The maximum atomic E-state index is 11.8. The van der Waals surface area contributed by atoms with E-state index >= 15 is 0 Å². The topological polar surface area (TPSA) is 58.6 Å². The highest BCUT2D eigenvalue weighted by Crippen LogP contribution is 2.14. The van der Waals surface area contributed by atoms with E-state index in [4.69, 9.17) is 0 Å². The molecular weight excluding hydrogens is 329 g/mol. The van der Waals surface area contributed by atoms with Crippen molar-refractivity contribution in [3.05, 3.63) is 44.1 Å². The molecule has 0 spiro atoms. The smallest absolute Gasteiger partial charge is 0.264 e. The van der Waals surface area contributed by atoms with E-state index in [0.29, 0.717) is 9.39 Å². The van der Waals surface area contributed by atoms with Crippen LogP contribution in [0.3, 0.4) is 0 Å². The number of pyridine rings is 1. The summed E-state index contributed by atoms with van der Waals surface area (Å²) < 4.78 is 0.678. The summed E-state index contributed by atoms with van der Waals surface area (Å²) in [4.78, 5) is 23.1. The summed E-state index contributed by atoms with van der Waals surface area (Å²) in [6.45, 7) is 2.07. The minimum Gasteiger partial charge on any atom is -0.306 e. The van der Waals surface area contributed by atoms with Crippen LogP contribution in [0.5, 0.6) is 0 Å². The van der Waals surface area contributed by atoms with Gasteiger partial charge in [-0.15, -0.1) is 0 Å². The van der Waals surface area contributed by atoms with Gasteiger partial charge in [0.1, 0.15) is 5.82 Å². The second kappa shape index (κ2) is 5.39. The van der Waals surface area contributed by atoms with Crippen LogP contribution in [0.4, 0.5) is 0 Å². The fraction of sp³-hybridized carbons (Fsp3) is 0.250. The van der Waals surface area contributed by atoms with Crippen LogP contribution in [0.1, 0.15) is 19.0 Å². The first kappa shape index (κ1) is 12.2. The van der Waals surface area contributed by atoms with E-state index in [2.05, 4.69) is 21.9 Å². The molecule has 0 unspecified atom stereocenters. The molecule has 0 saturated carbocycles. The zero-order valence-corrected chi connectivity index (χ0v) is 11.6. The van der Waals surface area contributed by atoms with Crippen LogP contribution in [0.15, 0.2) is 29.3 Å². The fourth-order valence-electron chi connectivity index (χ4n) is 1.55. The molecule has 0 radical (unpaired) electrons. The van der Waals surface area contributed by atoms with Crippen molar-refractivity contribution in [2.75, 3.05) is 0 Å². The van der Waals surface area contributed by atoms with Gasteiger partial charge >= 0.3 is 0 Å². The fourth-order valence-corrected chi connectivity index (χ4v) is 2.07. The number of rotatable bonds is 3. The maximum absolute atomic E-state index is 11.8. The Kier molecular flexibility index (Phi) is 3.88. The molecule has 0 aliphatic heterocycles. The standard InChI is InChI=1S/C12H12IN3O/c1-2-4-9-10(13)12(17)16-11(15-9)8-5-3-6-14-7-8/h3,5-7H,2,4H2,1H3,(H,15,16,17). The average molecular weight is 341 g/mol. The van der Waals surface area contributed by atoms with Crippen LogP contribution in [-0.2, 0) is 6.42 Å². The number of aryl methyl sites for hydroxylation is 1. The predicted molar refractivity (Wildman–Crippen MR) is 74.8 cm³/mol. The molecule has 0 fully saturated rings. The van der Waals surface area contributed by atoms with Crippen molar-refractivity contribution in [3.8, 4) is 11.4 Å². The molecule has 0 atom stereocenters. The number of hydrogen-bond donors (Lipinski definition) is 1. The van der Waals surface area contributed by atoms with Gasteiger partial charge in [0.2, 0.25) is 0 Å². The van der Waals surface area contributed by atoms with Crippen molar-refractivity contribution in [2.45, 2.75) is 19.8 Å². The normalized spacial score (nSPS) is 10.5. The highest BCUT2D eigenvalue weighted by molar-refractivity contribution is 14.1. The van der Waals surface area contributed by atoms with Crippen molar-refractivity contribution < 1.29 is 0 Å². The molecule has 88 valence electrons. The first-order valence-electron chi connectivity index (χ1n) is 5.41. The SMILES string of the molecule is CCCc1nc(-c2cccnc2)[nH]c(=O)c1I. The van der Waals surface area contributed by atoms with E-state index in [1.165, 1.54) is 0 Å². The summed E-state index contributed by atoms with van der Waals surface area (Å²) in [5.74, 6) is 0.590. The van der Waals surface area contributed by atoms with Gasteiger partial charge in [0, 0.05) is 18.0 Å². The molecule has 17 heavy (non-hydrogen) atoms. The van der Waals surface area contributed by atoms with E-state index in [1.54, 1.807) is 12.4 Å². The molecule has 0 saturated heterocycles. The Bertz CT molecular complexity index is 566. The molecule has 0 bridgehead atoms. The Morgan fingerprint density at radius 2 is 2.29 bits per heavy atom. The Hall–Kier alpha value is -1.24. The van der Waals surface area contributed by atoms with Gasteiger partial charge in [-0.2, -0.15) is 0 Å². The molecule has 1 N–H and O–H groups in total. The van der Waals surface area contributed by atoms with Crippen LogP contribution in [-0.4, -0.2) is 15.0 Å². The average Bonchev–Trinajstić information content (AvgIpc) is 2.36. The third-order valence-corrected chi connectivity index (χ3v) is 3.47. The molecule has 0 amide bonds. The molecule has 2 aromatic rings. The van der Waals surface area contributed by atoms with Crippen LogP contribution in [0.25, 0.3) is 11.4 Å². The van der Waals surface area contributed by atoms with Gasteiger partial charge in [-0.05, 0) is 41.1 Å². The molecule has 0 aliphatic carbocycles. The van der Waals surface area contributed by atoms with Gasteiger partial charge < -0.3 is 4.98 Å². The van der Waals surface area contributed by atoms with E-state index in [0.717, 1.165) is 24.1 Å². The van der Waals surface area contributed by atoms with Crippen molar-refractivity contribution in [1.82, 2.24) is 15.0 Å². The summed E-state index contributed by atoms with van der Waals surface area (Å²) >= 11 is 2.04. The molecule has 0 aliphatic rings. The number of halogens is 1. The largest absolute Gasteiger partial charge is 0.306 e. The Morgan fingerprint density at radius 3 is 2.94 bits per heavy atom. The zero-order valence-electron chi connectivity index (χ0n) is 9.40. The number of hydrogen-bond acceptors (Lipinski definition) is 3. The Morgan fingerprint density at radius 1 is 1.47 bits per heavy atom. The van der Waals surface area contributed by atoms with Crippen LogP contribution < -0.4 is 5.56 Å². The Balaban J connectivity index is 2.53. The number of nitrogens with one attached hydrogen (secondary N) is 1. The van der Waals surface area contributed by atoms with Crippen LogP contribution >= 0.6 is 22.6 Å². The summed E-state index contributed by atoms with van der Waals surface area (Å²) in [5.41, 5.74) is 1.61. The minimum absolute atomic E-state index is 0.0806. The van der Waals surface area contributed by atoms with E-state index < -0.39 is 0 Å². The van der Waals surface area contributed by atoms with Crippen molar-refractivity contribution in [1.29, 1.82) is 0 Å². The van der Waals surface area contributed by atoms with Gasteiger partial charge in [0.15, 0.2) is 0 Å². The van der Waals surface area contributed by atoms with E-state index in [-0.39, 0.29) is 5.56 Å². The molecule has 5 heteroatoms. The Labute approximate surface area is 113 Å². The molecule has 0 aromatic carbocycles. The van der Waals surface area contributed by atoms with Crippen molar-refractivity contribution >= 4 is 22.6 Å². The third kappa shape index (κ3) is 2.71. The predicted octanol–water partition coefficient (Wildman–Crippen LogP) is 2.39. The van der Waals surface area contributed by atoms with Gasteiger partial charge in [-0.25, -0.2) is 4.98 Å². The number of nitrogens with zero attached hydrogens (tertiary/aromatic N) is 2. The third-order valence-electron chi connectivity index (χ3n) is 2.35. The highest BCUT2D eigenvalue weighted by atomic mass is 127. The van der Waals surface area contributed by atoms with Crippen LogP contribution in [0.2, 0.25) is 0 Å². The second-order valence-electron chi connectivity index (χ2n) is 3.67. The quantitative estimate of drug-likeness (QED) is 0.873. The minimum atomic E-state index is -0.0806. The molecule has 2 heterocycles. The number of H-pyrrole nitrogens is 1. The summed E-state index contributed by atoms with van der Waals surface area (Å²) in [5, 5.41) is 0. The summed E-state index contributed by atoms with van der Waals surface area (Å²) in [6.07, 6.45) is 5.18. The first-order valence-corrected chi connectivity index (χ1v) is 6.49. The van der Waals surface area contributed by atoms with Gasteiger partial charge in [0.05, 0.1) is 9.26 Å². The summed E-state index contributed by atoms with van der Waals surface area (Å²) in [7, 11) is 0. The number of aromatic amines is 1. The maximum Gasteiger partial charge on any atom is 0.264 e. The first-order chi connectivity index (χ1) is 8.22. The number of aromatic nitrogens is 3. The van der Waals surface area contributed by atoms with E-state index in [9.17, 15) is 4.79 Å². The molecular formula is C12H12IN3O.